The lowest BCUT2D eigenvalue weighted by molar-refractivity contribution is 0.0796. The zero-order valence-electron chi connectivity index (χ0n) is 17.5. The summed E-state index contributed by atoms with van der Waals surface area (Å²) in [6.45, 7) is 3.98. The molecule has 1 saturated carbocycles. The highest BCUT2D eigenvalue weighted by Gasteiger charge is 2.33. The molecule has 2 aliphatic heterocycles. The van der Waals surface area contributed by atoms with Crippen molar-refractivity contribution in [3.05, 3.63) is 51.7 Å². The maximum absolute atomic E-state index is 13.9. The van der Waals surface area contributed by atoms with E-state index in [9.17, 15) is 9.18 Å². The Morgan fingerprint density at radius 1 is 1.35 bits per heavy atom. The van der Waals surface area contributed by atoms with E-state index >= 15 is 0 Å². The fourth-order valence-corrected chi connectivity index (χ4v) is 4.17. The highest BCUT2D eigenvalue weighted by molar-refractivity contribution is 6.43. The zero-order valence-corrected chi connectivity index (χ0v) is 18.2. The fourth-order valence-electron chi connectivity index (χ4n) is 4.08. The second kappa shape index (κ2) is 8.43. The van der Waals surface area contributed by atoms with E-state index in [1.54, 1.807) is 6.92 Å². The van der Waals surface area contributed by atoms with Crippen molar-refractivity contribution in [3.63, 3.8) is 0 Å². The number of hydrogen-bond acceptors (Lipinski definition) is 6. The van der Waals surface area contributed by atoms with Gasteiger partial charge in [-0.2, -0.15) is 0 Å². The number of halogens is 2. The number of hydrogen-bond donors (Lipinski definition) is 3. The van der Waals surface area contributed by atoms with Crippen LogP contribution in [0.3, 0.4) is 0 Å². The number of likely N-dealkylation sites (tertiary alicyclic amines) is 1. The molecule has 1 saturated heterocycles. The summed E-state index contributed by atoms with van der Waals surface area (Å²) in [6.07, 6.45) is 2.15. The Morgan fingerprint density at radius 3 is 2.81 bits per heavy atom. The Kier molecular flexibility index (Phi) is 5.85. The van der Waals surface area contributed by atoms with Gasteiger partial charge in [-0.05, 0) is 45.2 Å². The number of nitrogens with two attached hydrogens (primary N) is 1. The van der Waals surface area contributed by atoms with Crippen molar-refractivity contribution >= 4 is 28.9 Å². The lowest BCUT2D eigenvalue weighted by Gasteiger charge is -2.20. The average molecular weight is 446 g/mol. The molecule has 3 aliphatic rings. The molecule has 0 bridgehead atoms. The number of carbonyl (C=O) groups excluding carboxylic acids is 1. The number of allylic oxidation sites excluding steroid dienone is 2. The van der Waals surface area contributed by atoms with Gasteiger partial charge in [0.25, 0.3) is 5.91 Å². The van der Waals surface area contributed by atoms with Gasteiger partial charge in [-0.3, -0.25) is 4.79 Å². The number of rotatable bonds is 3. The second-order valence-electron chi connectivity index (χ2n) is 8.18. The first-order valence-electron chi connectivity index (χ1n) is 10.2. The third-order valence-corrected chi connectivity index (χ3v) is 6.32. The predicted octanol–water partition coefficient (Wildman–Crippen LogP) is 3.31. The molecule has 31 heavy (non-hydrogen) atoms. The molecule has 7 nitrogen and oxygen atoms in total. The highest BCUT2D eigenvalue weighted by atomic mass is 35.5. The maximum atomic E-state index is 13.9. The summed E-state index contributed by atoms with van der Waals surface area (Å²) >= 11 is 6.19. The lowest BCUT2D eigenvalue weighted by Crippen LogP contribution is -2.30. The summed E-state index contributed by atoms with van der Waals surface area (Å²) in [5, 5.41) is 12.0. The van der Waals surface area contributed by atoms with Gasteiger partial charge in [-0.15, -0.1) is 0 Å². The van der Waals surface area contributed by atoms with Gasteiger partial charge >= 0.3 is 0 Å². The average Bonchev–Trinajstić information content (AvgIpc) is 3.30. The molecule has 2 fully saturated rings. The molecule has 0 spiro atoms. The third kappa shape index (κ3) is 4.36. The van der Waals surface area contributed by atoms with E-state index in [2.05, 4.69) is 10.3 Å². The largest absolute Gasteiger partial charge is 0.489 e. The van der Waals surface area contributed by atoms with Gasteiger partial charge in [0.05, 0.1) is 35.1 Å². The van der Waals surface area contributed by atoms with E-state index in [4.69, 9.17) is 27.5 Å². The van der Waals surface area contributed by atoms with Crippen LogP contribution in [0.5, 0.6) is 5.75 Å². The first kappa shape index (κ1) is 21.5. The predicted molar refractivity (Wildman–Crippen MR) is 118 cm³/mol. The molecule has 4 N–H and O–H groups in total. The summed E-state index contributed by atoms with van der Waals surface area (Å²) in [5.74, 6) is -0.0530. The fraction of sp³-hybridized carbons (Fsp3) is 0.409. The third-order valence-electron chi connectivity index (χ3n) is 5.76. The highest BCUT2D eigenvalue weighted by Crippen LogP contribution is 2.30. The molecule has 9 heteroatoms. The monoisotopic (exact) mass is 445 g/mol. The van der Waals surface area contributed by atoms with Crippen LogP contribution in [0.1, 0.15) is 43.5 Å². The molecular formula is C22H25ClFN5O2. The first-order chi connectivity index (χ1) is 14.7. The summed E-state index contributed by atoms with van der Waals surface area (Å²) in [6, 6.07) is 3.98. The Morgan fingerprint density at radius 2 is 2.13 bits per heavy atom. The molecule has 1 aromatic carbocycles. The number of carbonyl (C=O) groups is 1. The van der Waals surface area contributed by atoms with Gasteiger partial charge in [0.15, 0.2) is 0 Å². The molecule has 0 aromatic heterocycles. The molecule has 2 atom stereocenters. The second-order valence-corrected chi connectivity index (χ2v) is 8.56. The Bertz CT molecular complexity index is 1050. The van der Waals surface area contributed by atoms with Crippen molar-refractivity contribution < 1.29 is 13.9 Å². The minimum absolute atomic E-state index is 0.0592. The van der Waals surface area contributed by atoms with Crippen LogP contribution in [-0.2, 0) is 0 Å². The number of amides is 1. The molecule has 0 radical (unpaired) electrons. The minimum atomic E-state index is -0.471. The van der Waals surface area contributed by atoms with Crippen molar-refractivity contribution in [1.82, 2.24) is 10.2 Å². The topological polar surface area (TPSA) is 104 Å². The number of aliphatic imine (C=N–C) groups is 1. The molecule has 1 aliphatic carbocycles. The number of nitrogens with zero attached hydrogens (tertiary/aromatic N) is 2. The van der Waals surface area contributed by atoms with Crippen molar-refractivity contribution in [2.24, 2.45) is 10.7 Å². The van der Waals surface area contributed by atoms with Gasteiger partial charge in [0.1, 0.15) is 23.5 Å². The van der Waals surface area contributed by atoms with Crippen molar-refractivity contribution in [2.45, 2.75) is 45.3 Å². The smallest absolute Gasteiger partial charge is 0.258 e. The van der Waals surface area contributed by atoms with Gasteiger partial charge < -0.3 is 26.1 Å². The van der Waals surface area contributed by atoms with E-state index < -0.39 is 5.82 Å². The summed E-state index contributed by atoms with van der Waals surface area (Å²) in [5.41, 5.74) is 8.55. The summed E-state index contributed by atoms with van der Waals surface area (Å²) in [4.78, 5) is 19.2. The molecule has 1 aromatic rings. The Labute approximate surface area is 185 Å². The standard InChI is InChI=1S/C22H25ClFN5O2/c1-11-20(23)12(2)28-21(27-11)17-9-29(10-18(17)26)22(30)16-6-3-13(24)7-19(16)31-15-5-4-14(25)8-15/h3,6-7,14-15,26-27H,4-5,8-10,25H2,1-2H3/b21-17+,26-18?/t14-,15-/m0/s1. The van der Waals surface area contributed by atoms with Gasteiger partial charge in [0, 0.05) is 23.4 Å². The van der Waals surface area contributed by atoms with Crippen LogP contribution in [0.15, 0.2) is 45.3 Å². The van der Waals surface area contributed by atoms with Gasteiger partial charge in [0.2, 0.25) is 0 Å². The summed E-state index contributed by atoms with van der Waals surface area (Å²) < 4.78 is 19.9. The first-order valence-corrected chi connectivity index (χ1v) is 10.6. The van der Waals surface area contributed by atoms with Crippen molar-refractivity contribution in [2.75, 3.05) is 13.1 Å². The van der Waals surface area contributed by atoms with Crippen LogP contribution >= 0.6 is 11.6 Å². The number of nitrogens with one attached hydrogen (secondary N) is 2. The van der Waals surface area contributed by atoms with E-state index in [-0.39, 0.29) is 42.5 Å². The Hall–Kier alpha value is -2.71. The Balaban J connectivity index is 1.57. The maximum Gasteiger partial charge on any atom is 0.258 e. The van der Waals surface area contributed by atoms with Crippen LogP contribution in [0.25, 0.3) is 0 Å². The van der Waals surface area contributed by atoms with E-state index in [0.717, 1.165) is 18.5 Å². The SMILES string of the molecule is CC1=N/C(=C2\CN(C(=O)c3ccc(F)cc3O[C@H]3CC[C@H](N)C3)CC2=N)NC(C)=C1Cl. The molecule has 1 amide bonds. The molecular weight excluding hydrogens is 421 g/mol. The zero-order chi connectivity index (χ0) is 22.3. The molecule has 4 rings (SSSR count). The quantitative estimate of drug-likeness (QED) is 0.663. The molecule has 0 unspecified atom stereocenters. The summed E-state index contributed by atoms with van der Waals surface area (Å²) in [7, 11) is 0. The van der Waals surface area contributed by atoms with Crippen LogP contribution in [0.4, 0.5) is 4.39 Å². The van der Waals surface area contributed by atoms with E-state index in [1.807, 2.05) is 6.92 Å². The van der Waals surface area contributed by atoms with Crippen LogP contribution in [0.2, 0.25) is 0 Å². The van der Waals surface area contributed by atoms with Gasteiger partial charge in [-0.25, -0.2) is 9.38 Å². The van der Waals surface area contributed by atoms with E-state index in [0.29, 0.717) is 34.3 Å². The van der Waals surface area contributed by atoms with Crippen LogP contribution < -0.4 is 15.8 Å². The lowest BCUT2D eigenvalue weighted by atomic mass is 10.1. The molecule has 2 heterocycles. The number of ether oxygens (including phenoxy) is 1. The molecule has 164 valence electrons. The van der Waals surface area contributed by atoms with Gasteiger partial charge in [-0.1, -0.05) is 11.6 Å². The normalized spacial score (nSPS) is 26.3. The minimum Gasteiger partial charge on any atom is -0.489 e. The van der Waals surface area contributed by atoms with Crippen LogP contribution in [0, 0.1) is 11.2 Å². The number of benzene rings is 1. The van der Waals surface area contributed by atoms with Crippen molar-refractivity contribution in [1.29, 1.82) is 5.41 Å². The van der Waals surface area contributed by atoms with E-state index in [1.165, 1.54) is 23.1 Å². The van der Waals surface area contributed by atoms with Crippen LogP contribution in [-0.4, -0.2) is 47.5 Å². The van der Waals surface area contributed by atoms with Crippen molar-refractivity contribution in [3.8, 4) is 5.75 Å².